The molecule has 2 aromatic heterocycles. The molecule has 0 aliphatic carbocycles. The number of halogens is 3. The highest BCUT2D eigenvalue weighted by Gasteiger charge is 2.25. The first-order valence-electron chi connectivity index (χ1n) is 10.1. The predicted octanol–water partition coefficient (Wildman–Crippen LogP) is 4.49. The van der Waals surface area contributed by atoms with Crippen LogP contribution in [0.1, 0.15) is 37.5 Å². The largest absolute Gasteiger partial charge is 0.624 e. The third kappa shape index (κ3) is 4.68. The van der Waals surface area contributed by atoms with Gasteiger partial charge in [-0.1, -0.05) is 28.0 Å². The zero-order chi connectivity index (χ0) is 23.7. The molecule has 3 aromatic rings. The second kappa shape index (κ2) is 9.42. The maximum Gasteiger partial charge on any atom is 0.217 e. The molecular formula is C21H20Cl2FN5O4. The van der Waals surface area contributed by atoms with Gasteiger partial charge in [0.1, 0.15) is 18.0 Å². The van der Waals surface area contributed by atoms with Crippen LogP contribution < -0.4 is 15.1 Å². The SMILES string of the molecule is C[C@@H](Oc1cc(-c2cn(C3CC=[N+]([O-])CC3)[n+]([O-])c2)cnc1NO)c1c(Cl)ccc(F)c1Cl. The second-order valence-corrected chi connectivity index (χ2v) is 8.38. The Labute approximate surface area is 198 Å². The van der Waals surface area contributed by atoms with Crippen molar-refractivity contribution < 1.29 is 23.9 Å². The zero-order valence-corrected chi connectivity index (χ0v) is 18.9. The van der Waals surface area contributed by atoms with Crippen LogP contribution in [0, 0.1) is 16.2 Å². The van der Waals surface area contributed by atoms with E-state index in [1.165, 1.54) is 29.4 Å². The lowest BCUT2D eigenvalue weighted by Crippen LogP contribution is -2.40. The number of hydrogen-bond acceptors (Lipinski definition) is 6. The van der Waals surface area contributed by atoms with Gasteiger partial charge in [0.05, 0.1) is 23.2 Å². The number of hydroxylamine groups is 1. The smallest absolute Gasteiger partial charge is 0.217 e. The molecule has 0 radical (unpaired) electrons. The van der Waals surface area contributed by atoms with Gasteiger partial charge in [0.2, 0.25) is 6.20 Å². The van der Waals surface area contributed by atoms with E-state index in [0.29, 0.717) is 35.4 Å². The Balaban J connectivity index is 1.64. The fraction of sp³-hybridized carbons (Fsp3) is 0.286. The van der Waals surface area contributed by atoms with Crippen LogP contribution in [0.15, 0.2) is 36.8 Å². The number of pyridine rings is 1. The summed E-state index contributed by atoms with van der Waals surface area (Å²) in [5.41, 5.74) is 3.31. The number of nitrogens with zero attached hydrogens (tertiary/aromatic N) is 4. The van der Waals surface area contributed by atoms with Crippen molar-refractivity contribution in [1.29, 1.82) is 0 Å². The highest BCUT2D eigenvalue weighted by Crippen LogP contribution is 2.37. The molecule has 0 saturated carbocycles. The number of ether oxygens (including phenoxy) is 1. The first-order valence-corrected chi connectivity index (χ1v) is 10.8. The topological polar surface area (TPSA) is 112 Å². The van der Waals surface area contributed by atoms with Crippen LogP contribution in [0.3, 0.4) is 0 Å². The third-order valence-corrected chi connectivity index (χ3v) is 6.18. The Kier molecular flexibility index (Phi) is 6.59. The molecule has 2 N–H and O–H groups in total. The number of anilines is 1. The normalized spacial score (nSPS) is 16.9. The molecule has 1 unspecified atom stereocenters. The summed E-state index contributed by atoms with van der Waals surface area (Å²) in [6.45, 7) is 1.94. The van der Waals surface area contributed by atoms with Crippen LogP contribution in [-0.4, -0.2) is 32.4 Å². The Morgan fingerprint density at radius 1 is 1.33 bits per heavy atom. The van der Waals surface area contributed by atoms with Gasteiger partial charge in [-0.15, -0.1) is 4.68 Å². The van der Waals surface area contributed by atoms with E-state index in [-0.39, 0.29) is 33.2 Å². The first-order chi connectivity index (χ1) is 15.8. The van der Waals surface area contributed by atoms with E-state index in [4.69, 9.17) is 27.9 Å². The Morgan fingerprint density at radius 2 is 2.12 bits per heavy atom. The molecule has 0 amide bonds. The van der Waals surface area contributed by atoms with Gasteiger partial charge in [0, 0.05) is 28.8 Å². The van der Waals surface area contributed by atoms with Crippen molar-refractivity contribution in [2.45, 2.75) is 31.9 Å². The van der Waals surface area contributed by atoms with Gasteiger partial charge in [0.15, 0.2) is 24.3 Å². The molecule has 3 heterocycles. The summed E-state index contributed by atoms with van der Waals surface area (Å²) in [4.78, 5) is 4.85. The maximum absolute atomic E-state index is 13.9. The van der Waals surface area contributed by atoms with Crippen molar-refractivity contribution in [3.05, 3.63) is 68.6 Å². The zero-order valence-electron chi connectivity index (χ0n) is 17.4. The predicted molar refractivity (Wildman–Crippen MR) is 120 cm³/mol. The van der Waals surface area contributed by atoms with Gasteiger partial charge in [-0.05, 0) is 25.1 Å². The molecule has 9 nitrogen and oxygen atoms in total. The van der Waals surface area contributed by atoms with Crippen LogP contribution in [0.2, 0.25) is 10.0 Å². The van der Waals surface area contributed by atoms with Crippen molar-refractivity contribution in [3.8, 4) is 16.9 Å². The lowest BCUT2D eigenvalue weighted by atomic mass is 10.1. The van der Waals surface area contributed by atoms with Gasteiger partial charge in [-0.3, -0.25) is 5.21 Å². The number of benzene rings is 1. The van der Waals surface area contributed by atoms with Crippen molar-refractivity contribution in [2.75, 3.05) is 12.0 Å². The highest BCUT2D eigenvalue weighted by atomic mass is 35.5. The van der Waals surface area contributed by atoms with Gasteiger partial charge in [-0.2, -0.15) is 0 Å². The number of rotatable bonds is 6. The molecule has 2 atom stereocenters. The summed E-state index contributed by atoms with van der Waals surface area (Å²) in [6.07, 6.45) is 6.25. The van der Waals surface area contributed by atoms with Gasteiger partial charge < -0.3 is 15.2 Å². The summed E-state index contributed by atoms with van der Waals surface area (Å²) >= 11 is 12.3. The molecule has 1 aliphatic rings. The lowest BCUT2D eigenvalue weighted by Gasteiger charge is -2.19. The minimum atomic E-state index is -0.785. The van der Waals surface area contributed by atoms with Crippen molar-refractivity contribution in [2.24, 2.45) is 0 Å². The maximum atomic E-state index is 13.9. The van der Waals surface area contributed by atoms with E-state index in [1.807, 2.05) is 5.48 Å². The molecule has 0 fully saturated rings. The van der Waals surface area contributed by atoms with Crippen LogP contribution in [0.25, 0.3) is 11.1 Å². The molecule has 1 aliphatic heterocycles. The van der Waals surface area contributed by atoms with Gasteiger partial charge >= 0.3 is 0 Å². The van der Waals surface area contributed by atoms with E-state index >= 15 is 0 Å². The van der Waals surface area contributed by atoms with E-state index < -0.39 is 11.9 Å². The average Bonchev–Trinajstić information content (AvgIpc) is 3.18. The summed E-state index contributed by atoms with van der Waals surface area (Å²) in [6, 6.07) is 3.98. The van der Waals surface area contributed by atoms with Gasteiger partial charge in [0.25, 0.3) is 0 Å². The van der Waals surface area contributed by atoms with E-state index in [2.05, 4.69) is 4.98 Å². The average molecular weight is 496 g/mol. The summed E-state index contributed by atoms with van der Waals surface area (Å²) in [5.74, 6) is -0.488. The Hall–Kier alpha value is -3.08. The number of aromatic nitrogens is 3. The summed E-state index contributed by atoms with van der Waals surface area (Å²) in [5, 5.41) is 33.4. The summed E-state index contributed by atoms with van der Waals surface area (Å²) in [7, 11) is 0. The monoisotopic (exact) mass is 495 g/mol. The van der Waals surface area contributed by atoms with Gasteiger partial charge in [-0.25, -0.2) is 19.6 Å². The minimum absolute atomic E-state index is 0.0149. The van der Waals surface area contributed by atoms with Crippen LogP contribution >= 0.6 is 23.2 Å². The second-order valence-electron chi connectivity index (χ2n) is 7.60. The van der Waals surface area contributed by atoms with Crippen LogP contribution in [0.5, 0.6) is 5.75 Å². The standard InChI is InChI=1S/C21H20Cl2FN5O4/c1-12(19-16(22)2-3-17(24)20(19)23)33-18-8-13(9-25-21(18)26-30)14-10-28(29(32)11-14)15-4-6-27(31)7-5-15/h2-3,6,8-12,15,30H,4-5,7H2,1H3,(H,25,26)/t12-,15?/m1/s1. The molecule has 174 valence electrons. The molecule has 12 heteroatoms. The molecule has 0 saturated heterocycles. The summed E-state index contributed by atoms with van der Waals surface area (Å²) < 4.78 is 22.2. The van der Waals surface area contributed by atoms with E-state index in [1.54, 1.807) is 19.2 Å². The first kappa shape index (κ1) is 23.1. The minimum Gasteiger partial charge on any atom is -0.624 e. The molecule has 4 rings (SSSR count). The quantitative estimate of drug-likeness (QED) is 0.225. The Morgan fingerprint density at radius 3 is 2.82 bits per heavy atom. The van der Waals surface area contributed by atoms with E-state index in [0.717, 1.165) is 10.8 Å². The molecule has 0 spiro atoms. The van der Waals surface area contributed by atoms with E-state index in [9.17, 15) is 20.0 Å². The Bertz CT molecular complexity index is 1220. The number of hydrogen-bond donors (Lipinski definition) is 2. The fourth-order valence-corrected chi connectivity index (χ4v) is 4.42. The third-order valence-electron chi connectivity index (χ3n) is 5.47. The lowest BCUT2D eigenvalue weighted by molar-refractivity contribution is -0.698. The van der Waals surface area contributed by atoms with Crippen molar-refractivity contribution >= 4 is 35.2 Å². The molecule has 0 bridgehead atoms. The van der Waals surface area contributed by atoms with Crippen LogP contribution in [0.4, 0.5) is 10.2 Å². The molecular weight excluding hydrogens is 476 g/mol. The number of nitrogens with one attached hydrogen (secondary N) is 1. The highest BCUT2D eigenvalue weighted by molar-refractivity contribution is 6.36. The molecule has 33 heavy (non-hydrogen) atoms. The van der Waals surface area contributed by atoms with Crippen molar-refractivity contribution in [3.63, 3.8) is 0 Å². The molecule has 1 aromatic carbocycles. The fourth-order valence-electron chi connectivity index (χ4n) is 3.74. The van der Waals surface area contributed by atoms with Crippen LogP contribution in [-0.2, 0) is 0 Å². The van der Waals surface area contributed by atoms with Crippen molar-refractivity contribution in [1.82, 2.24) is 9.67 Å².